The van der Waals surface area contributed by atoms with E-state index >= 15 is 0 Å². The maximum absolute atomic E-state index is 13.2. The predicted molar refractivity (Wildman–Crippen MR) is 122 cm³/mol. The molecule has 1 aliphatic heterocycles. The Labute approximate surface area is 183 Å². The normalized spacial score (nSPS) is 14.9. The van der Waals surface area contributed by atoms with Crippen molar-refractivity contribution in [2.45, 2.75) is 12.5 Å². The van der Waals surface area contributed by atoms with Gasteiger partial charge in [0.1, 0.15) is 11.5 Å². The van der Waals surface area contributed by atoms with Crippen molar-refractivity contribution < 1.29 is 14.3 Å². The number of aromatic nitrogens is 1. The summed E-state index contributed by atoms with van der Waals surface area (Å²) >= 11 is 0. The second-order valence-corrected chi connectivity index (χ2v) is 7.69. The third-order valence-corrected chi connectivity index (χ3v) is 5.93. The average Bonchev–Trinajstić information content (AvgIpc) is 3.37. The molecule has 1 aliphatic rings. The third kappa shape index (κ3) is 4.85. The molecule has 162 valence electrons. The lowest BCUT2D eigenvalue weighted by atomic mass is 10.0. The van der Waals surface area contributed by atoms with Gasteiger partial charge in [0, 0.05) is 44.3 Å². The largest absolute Gasteiger partial charge is 0.497 e. The van der Waals surface area contributed by atoms with E-state index in [0.717, 1.165) is 48.9 Å². The number of benzene rings is 2. The van der Waals surface area contributed by atoms with Crippen molar-refractivity contribution in [2.24, 2.45) is 0 Å². The summed E-state index contributed by atoms with van der Waals surface area (Å²) < 4.78 is 12.6. The number of ether oxygens (including phenoxy) is 2. The van der Waals surface area contributed by atoms with Crippen LogP contribution >= 0.6 is 0 Å². The van der Waals surface area contributed by atoms with Gasteiger partial charge in [-0.05, 0) is 54.1 Å². The first-order valence-electron chi connectivity index (χ1n) is 10.6. The van der Waals surface area contributed by atoms with Crippen molar-refractivity contribution in [1.29, 1.82) is 0 Å². The third-order valence-electron chi connectivity index (χ3n) is 5.93. The van der Waals surface area contributed by atoms with E-state index in [1.54, 1.807) is 14.2 Å². The fourth-order valence-electron chi connectivity index (χ4n) is 4.08. The van der Waals surface area contributed by atoms with Gasteiger partial charge in [0.05, 0.1) is 26.7 Å². The molecule has 0 bridgehead atoms. The van der Waals surface area contributed by atoms with Crippen molar-refractivity contribution in [1.82, 2.24) is 9.47 Å². The Bertz CT molecular complexity index is 960. The van der Waals surface area contributed by atoms with Gasteiger partial charge < -0.3 is 23.8 Å². The van der Waals surface area contributed by atoms with Crippen molar-refractivity contribution in [3.8, 4) is 11.5 Å². The minimum Gasteiger partial charge on any atom is -0.497 e. The number of amides is 1. The quantitative estimate of drug-likeness (QED) is 0.584. The number of hydrogen-bond acceptors (Lipinski definition) is 4. The fraction of sp³-hybridized carbons (Fsp3) is 0.320. The number of carbonyl (C=O) groups is 1. The number of anilines is 1. The Morgan fingerprint density at radius 2 is 1.39 bits per heavy atom. The van der Waals surface area contributed by atoms with Crippen LogP contribution in [0.3, 0.4) is 0 Å². The van der Waals surface area contributed by atoms with Gasteiger partial charge in [0.15, 0.2) is 0 Å². The van der Waals surface area contributed by atoms with E-state index in [2.05, 4.69) is 21.6 Å². The van der Waals surface area contributed by atoms with Gasteiger partial charge in [-0.2, -0.15) is 0 Å². The molecule has 1 amide bonds. The Hall–Kier alpha value is -3.41. The van der Waals surface area contributed by atoms with E-state index in [1.807, 2.05) is 65.8 Å². The van der Waals surface area contributed by atoms with Crippen LogP contribution < -0.4 is 14.4 Å². The van der Waals surface area contributed by atoms with Crippen LogP contribution in [0.4, 0.5) is 5.69 Å². The monoisotopic (exact) mass is 419 g/mol. The Morgan fingerprint density at radius 3 is 1.94 bits per heavy atom. The summed E-state index contributed by atoms with van der Waals surface area (Å²) in [6, 6.07) is 20.0. The second-order valence-electron chi connectivity index (χ2n) is 7.69. The first-order chi connectivity index (χ1) is 15.2. The summed E-state index contributed by atoms with van der Waals surface area (Å²) in [5, 5.41) is 0. The van der Waals surface area contributed by atoms with Gasteiger partial charge in [0.25, 0.3) is 0 Å². The fourth-order valence-corrected chi connectivity index (χ4v) is 4.08. The van der Waals surface area contributed by atoms with E-state index in [4.69, 9.17) is 9.47 Å². The van der Waals surface area contributed by atoms with Crippen LogP contribution in [-0.4, -0.2) is 55.8 Å². The number of hydrogen-bond donors (Lipinski definition) is 0. The SMILES string of the molecule is COc1ccc([C@H](CC(=O)N2CCN(c3ccc(OC)cc3)CC2)n2cccc2)cc1. The average molecular weight is 420 g/mol. The summed E-state index contributed by atoms with van der Waals surface area (Å²) in [6.45, 7) is 3.11. The highest BCUT2D eigenvalue weighted by molar-refractivity contribution is 5.77. The molecule has 1 atom stereocenters. The molecule has 0 saturated carbocycles. The molecule has 4 rings (SSSR count). The molecule has 2 heterocycles. The summed E-state index contributed by atoms with van der Waals surface area (Å²) in [5.41, 5.74) is 2.26. The topological polar surface area (TPSA) is 46.9 Å². The number of carbonyl (C=O) groups excluding carboxylic acids is 1. The van der Waals surface area contributed by atoms with Crippen LogP contribution in [-0.2, 0) is 4.79 Å². The van der Waals surface area contributed by atoms with Crippen LogP contribution in [0.2, 0.25) is 0 Å². The molecule has 2 aromatic carbocycles. The van der Waals surface area contributed by atoms with E-state index in [1.165, 1.54) is 0 Å². The molecule has 0 aliphatic carbocycles. The summed E-state index contributed by atoms with van der Waals surface area (Å²) in [6.07, 6.45) is 4.47. The molecule has 6 nitrogen and oxygen atoms in total. The number of rotatable bonds is 7. The van der Waals surface area contributed by atoms with Crippen LogP contribution in [0.25, 0.3) is 0 Å². The van der Waals surface area contributed by atoms with Crippen molar-refractivity contribution >= 4 is 11.6 Å². The first-order valence-corrected chi connectivity index (χ1v) is 10.6. The summed E-state index contributed by atoms with van der Waals surface area (Å²) in [5.74, 6) is 1.85. The van der Waals surface area contributed by atoms with Gasteiger partial charge in [-0.15, -0.1) is 0 Å². The Kier molecular flexibility index (Phi) is 6.46. The number of methoxy groups -OCH3 is 2. The van der Waals surface area contributed by atoms with E-state index in [0.29, 0.717) is 6.42 Å². The first kappa shape index (κ1) is 20.8. The molecule has 1 aromatic heterocycles. The highest BCUT2D eigenvalue weighted by Gasteiger charge is 2.25. The minimum absolute atomic E-state index is 0.0342. The van der Waals surface area contributed by atoms with Gasteiger partial charge in [-0.1, -0.05) is 12.1 Å². The zero-order chi connectivity index (χ0) is 21.6. The lowest BCUT2D eigenvalue weighted by Gasteiger charge is -2.37. The van der Waals surface area contributed by atoms with Gasteiger partial charge in [-0.25, -0.2) is 0 Å². The predicted octanol–water partition coefficient (Wildman–Crippen LogP) is 3.83. The molecule has 0 unspecified atom stereocenters. The van der Waals surface area contributed by atoms with Crippen LogP contribution in [0, 0.1) is 0 Å². The maximum Gasteiger partial charge on any atom is 0.225 e. The maximum atomic E-state index is 13.2. The van der Waals surface area contributed by atoms with E-state index in [9.17, 15) is 4.79 Å². The highest BCUT2D eigenvalue weighted by Crippen LogP contribution is 2.26. The molecule has 3 aromatic rings. The van der Waals surface area contributed by atoms with Gasteiger partial charge in [0.2, 0.25) is 5.91 Å². The van der Waals surface area contributed by atoms with Gasteiger partial charge in [-0.3, -0.25) is 4.79 Å². The van der Waals surface area contributed by atoms with Crippen molar-refractivity contribution in [3.05, 3.63) is 78.6 Å². The standard InChI is InChI=1S/C25H29N3O3/c1-30-22-9-5-20(6-10-22)24(27-13-3-4-14-27)19-25(29)28-17-15-26(16-18-28)21-7-11-23(31-2)12-8-21/h3-14,24H,15-19H2,1-2H3/t24-/m0/s1. The highest BCUT2D eigenvalue weighted by atomic mass is 16.5. The lowest BCUT2D eigenvalue weighted by Crippen LogP contribution is -2.49. The summed E-state index contributed by atoms with van der Waals surface area (Å²) in [7, 11) is 3.33. The Morgan fingerprint density at radius 1 is 0.839 bits per heavy atom. The molecule has 6 heteroatoms. The second kappa shape index (κ2) is 9.60. The Balaban J connectivity index is 1.40. The van der Waals surface area contributed by atoms with Crippen molar-refractivity contribution in [2.75, 3.05) is 45.3 Å². The number of piperazine rings is 1. The molecule has 31 heavy (non-hydrogen) atoms. The summed E-state index contributed by atoms with van der Waals surface area (Å²) in [4.78, 5) is 17.5. The smallest absolute Gasteiger partial charge is 0.225 e. The van der Waals surface area contributed by atoms with Crippen LogP contribution in [0.1, 0.15) is 18.0 Å². The van der Waals surface area contributed by atoms with Gasteiger partial charge >= 0.3 is 0 Å². The van der Waals surface area contributed by atoms with Crippen LogP contribution in [0.15, 0.2) is 73.1 Å². The zero-order valence-electron chi connectivity index (χ0n) is 18.1. The molecule has 0 radical (unpaired) electrons. The lowest BCUT2D eigenvalue weighted by molar-refractivity contribution is -0.132. The zero-order valence-corrected chi connectivity index (χ0v) is 18.1. The molecule has 0 N–H and O–H groups in total. The minimum atomic E-state index is -0.0342. The molecular formula is C25H29N3O3. The number of nitrogens with zero attached hydrogens (tertiary/aromatic N) is 3. The molecule has 0 spiro atoms. The van der Waals surface area contributed by atoms with E-state index in [-0.39, 0.29) is 11.9 Å². The molecule has 1 fully saturated rings. The van der Waals surface area contributed by atoms with Crippen molar-refractivity contribution in [3.63, 3.8) is 0 Å². The molecular weight excluding hydrogens is 390 g/mol. The molecule has 1 saturated heterocycles. The van der Waals surface area contributed by atoms with Crippen LogP contribution in [0.5, 0.6) is 11.5 Å². The van der Waals surface area contributed by atoms with E-state index < -0.39 is 0 Å².